The molecule has 1 nitrogen and oxygen atoms in total. The standard InChI is InChI=1S/C17H19N/c1-2-6-14(7-3-1)10-11-15-12-13-18-17-9-5-4-8-16(15)17/h1-9,15,18H,10-13H2. The van der Waals surface area contributed by atoms with Crippen LogP contribution in [0.4, 0.5) is 5.69 Å². The Bertz CT molecular complexity index is 504. The predicted molar refractivity (Wildman–Crippen MR) is 77.1 cm³/mol. The van der Waals surface area contributed by atoms with E-state index in [-0.39, 0.29) is 0 Å². The molecule has 1 unspecified atom stereocenters. The summed E-state index contributed by atoms with van der Waals surface area (Å²) in [4.78, 5) is 0. The third kappa shape index (κ3) is 2.40. The van der Waals surface area contributed by atoms with Crippen LogP contribution in [-0.2, 0) is 6.42 Å². The summed E-state index contributed by atoms with van der Waals surface area (Å²) in [7, 11) is 0. The van der Waals surface area contributed by atoms with Gasteiger partial charge in [0.05, 0.1) is 0 Å². The van der Waals surface area contributed by atoms with Crippen molar-refractivity contribution in [2.24, 2.45) is 0 Å². The Morgan fingerprint density at radius 3 is 2.61 bits per heavy atom. The first-order valence-electron chi connectivity index (χ1n) is 6.80. The Morgan fingerprint density at radius 2 is 1.72 bits per heavy atom. The minimum atomic E-state index is 0.711. The van der Waals surface area contributed by atoms with Crippen LogP contribution >= 0.6 is 0 Å². The Hall–Kier alpha value is -1.76. The maximum Gasteiger partial charge on any atom is 0.0375 e. The van der Waals surface area contributed by atoms with Gasteiger partial charge in [-0.2, -0.15) is 0 Å². The smallest absolute Gasteiger partial charge is 0.0375 e. The second kappa shape index (κ2) is 5.26. The van der Waals surface area contributed by atoms with Crippen molar-refractivity contribution < 1.29 is 0 Å². The van der Waals surface area contributed by atoms with E-state index in [1.165, 1.54) is 36.1 Å². The van der Waals surface area contributed by atoms with Gasteiger partial charge in [0.25, 0.3) is 0 Å². The molecule has 18 heavy (non-hydrogen) atoms. The molecule has 0 aromatic heterocycles. The third-order valence-electron chi connectivity index (χ3n) is 3.83. The van der Waals surface area contributed by atoms with Crippen molar-refractivity contribution in [2.75, 3.05) is 11.9 Å². The second-order valence-corrected chi connectivity index (χ2v) is 5.02. The largest absolute Gasteiger partial charge is 0.385 e. The summed E-state index contributed by atoms with van der Waals surface area (Å²) < 4.78 is 0. The number of rotatable bonds is 3. The number of anilines is 1. The van der Waals surface area contributed by atoms with Crippen LogP contribution in [-0.4, -0.2) is 6.54 Å². The average molecular weight is 237 g/mol. The molecule has 0 spiro atoms. The zero-order valence-electron chi connectivity index (χ0n) is 10.6. The van der Waals surface area contributed by atoms with Crippen LogP contribution in [0.1, 0.15) is 29.9 Å². The SMILES string of the molecule is c1ccc(CCC2CCNc3ccccc32)cc1. The van der Waals surface area contributed by atoms with Crippen molar-refractivity contribution >= 4 is 5.69 Å². The van der Waals surface area contributed by atoms with E-state index < -0.39 is 0 Å². The van der Waals surface area contributed by atoms with Crippen molar-refractivity contribution in [1.29, 1.82) is 0 Å². The number of benzene rings is 2. The van der Waals surface area contributed by atoms with E-state index >= 15 is 0 Å². The van der Waals surface area contributed by atoms with Crippen molar-refractivity contribution in [1.82, 2.24) is 0 Å². The second-order valence-electron chi connectivity index (χ2n) is 5.02. The van der Waals surface area contributed by atoms with E-state index in [1.54, 1.807) is 0 Å². The highest BCUT2D eigenvalue weighted by Crippen LogP contribution is 2.34. The fraction of sp³-hybridized carbons (Fsp3) is 0.294. The molecule has 92 valence electrons. The zero-order valence-corrected chi connectivity index (χ0v) is 10.6. The minimum Gasteiger partial charge on any atom is -0.385 e. The van der Waals surface area contributed by atoms with Gasteiger partial charge in [0.1, 0.15) is 0 Å². The average Bonchev–Trinajstić information content (AvgIpc) is 2.46. The maximum atomic E-state index is 3.49. The Labute approximate surface area is 109 Å². The van der Waals surface area contributed by atoms with E-state index in [1.807, 2.05) is 0 Å². The molecule has 1 aliphatic heterocycles. The molecule has 2 aromatic carbocycles. The van der Waals surface area contributed by atoms with E-state index in [0.29, 0.717) is 5.92 Å². The number of nitrogens with one attached hydrogen (secondary N) is 1. The molecule has 1 N–H and O–H groups in total. The maximum absolute atomic E-state index is 3.49. The molecule has 0 saturated carbocycles. The summed E-state index contributed by atoms with van der Waals surface area (Å²) in [5, 5.41) is 3.49. The Kier molecular flexibility index (Phi) is 3.31. The first kappa shape index (κ1) is 11.3. The van der Waals surface area contributed by atoms with Gasteiger partial charge in [-0.05, 0) is 42.4 Å². The van der Waals surface area contributed by atoms with Crippen molar-refractivity contribution in [3.63, 3.8) is 0 Å². The van der Waals surface area contributed by atoms with Crippen LogP contribution in [0.15, 0.2) is 54.6 Å². The van der Waals surface area contributed by atoms with Gasteiger partial charge in [0.15, 0.2) is 0 Å². The molecule has 0 amide bonds. The molecular formula is C17H19N. The summed E-state index contributed by atoms with van der Waals surface area (Å²) in [5.41, 5.74) is 4.29. The molecule has 3 rings (SSSR count). The van der Waals surface area contributed by atoms with Crippen molar-refractivity contribution in [2.45, 2.75) is 25.2 Å². The molecular weight excluding hydrogens is 218 g/mol. The lowest BCUT2D eigenvalue weighted by molar-refractivity contribution is 0.579. The lowest BCUT2D eigenvalue weighted by atomic mass is 9.86. The van der Waals surface area contributed by atoms with Gasteiger partial charge in [-0.15, -0.1) is 0 Å². The molecule has 0 bridgehead atoms. The molecule has 0 fully saturated rings. The topological polar surface area (TPSA) is 12.0 Å². The molecule has 1 atom stereocenters. The van der Waals surface area contributed by atoms with Crippen LogP contribution in [0, 0.1) is 0 Å². The molecule has 0 saturated heterocycles. The van der Waals surface area contributed by atoms with Gasteiger partial charge in [-0.1, -0.05) is 48.5 Å². The predicted octanol–water partition coefficient (Wildman–Crippen LogP) is 4.22. The van der Waals surface area contributed by atoms with Gasteiger partial charge in [0, 0.05) is 12.2 Å². The highest BCUT2D eigenvalue weighted by molar-refractivity contribution is 5.54. The van der Waals surface area contributed by atoms with Crippen molar-refractivity contribution in [3.8, 4) is 0 Å². The fourth-order valence-corrected chi connectivity index (χ4v) is 2.84. The van der Waals surface area contributed by atoms with Crippen LogP contribution in [0.3, 0.4) is 0 Å². The summed E-state index contributed by atoms with van der Waals surface area (Å²) in [6.45, 7) is 1.11. The molecule has 0 radical (unpaired) electrons. The van der Waals surface area contributed by atoms with Crippen LogP contribution in [0.5, 0.6) is 0 Å². The normalized spacial score (nSPS) is 17.9. The van der Waals surface area contributed by atoms with E-state index in [9.17, 15) is 0 Å². The van der Waals surface area contributed by atoms with Gasteiger partial charge in [-0.3, -0.25) is 0 Å². The van der Waals surface area contributed by atoms with Gasteiger partial charge < -0.3 is 5.32 Å². The lowest BCUT2D eigenvalue weighted by Crippen LogP contribution is -2.17. The zero-order chi connectivity index (χ0) is 12.2. The van der Waals surface area contributed by atoms with E-state index in [2.05, 4.69) is 59.9 Å². The van der Waals surface area contributed by atoms with E-state index in [0.717, 1.165) is 6.54 Å². The lowest BCUT2D eigenvalue weighted by Gasteiger charge is -2.26. The molecule has 1 heteroatoms. The van der Waals surface area contributed by atoms with Crippen molar-refractivity contribution in [3.05, 3.63) is 65.7 Å². The third-order valence-corrected chi connectivity index (χ3v) is 3.83. The number of para-hydroxylation sites is 1. The first-order chi connectivity index (χ1) is 8.93. The van der Waals surface area contributed by atoms with Crippen LogP contribution < -0.4 is 5.32 Å². The number of hydrogen-bond donors (Lipinski definition) is 1. The summed E-state index contributed by atoms with van der Waals surface area (Å²) in [6.07, 6.45) is 3.69. The highest BCUT2D eigenvalue weighted by atomic mass is 14.9. The number of aryl methyl sites for hydroxylation is 1. The first-order valence-corrected chi connectivity index (χ1v) is 6.80. The summed E-state index contributed by atoms with van der Waals surface area (Å²) >= 11 is 0. The van der Waals surface area contributed by atoms with Crippen LogP contribution in [0.2, 0.25) is 0 Å². The molecule has 1 aliphatic rings. The quantitative estimate of drug-likeness (QED) is 0.842. The fourth-order valence-electron chi connectivity index (χ4n) is 2.84. The van der Waals surface area contributed by atoms with Crippen LogP contribution in [0.25, 0.3) is 0 Å². The summed E-state index contributed by atoms with van der Waals surface area (Å²) in [6, 6.07) is 19.6. The van der Waals surface area contributed by atoms with Gasteiger partial charge in [0.2, 0.25) is 0 Å². The Morgan fingerprint density at radius 1 is 0.944 bits per heavy atom. The Balaban J connectivity index is 1.71. The monoisotopic (exact) mass is 237 g/mol. The number of hydrogen-bond acceptors (Lipinski definition) is 1. The molecule has 0 aliphatic carbocycles. The molecule has 2 aromatic rings. The van der Waals surface area contributed by atoms with E-state index in [4.69, 9.17) is 0 Å². The minimum absolute atomic E-state index is 0.711. The van der Waals surface area contributed by atoms with Gasteiger partial charge >= 0.3 is 0 Å². The highest BCUT2D eigenvalue weighted by Gasteiger charge is 2.18. The summed E-state index contributed by atoms with van der Waals surface area (Å²) in [5.74, 6) is 0.711. The van der Waals surface area contributed by atoms with Gasteiger partial charge in [-0.25, -0.2) is 0 Å². The molecule has 1 heterocycles. The number of fused-ring (bicyclic) bond motifs is 1.